The average molecular weight is 227 g/mol. The van der Waals surface area contributed by atoms with Crippen molar-refractivity contribution in [1.29, 1.82) is 0 Å². The zero-order chi connectivity index (χ0) is 12.1. The maximum Gasteiger partial charge on any atom is 0.271 e. The van der Waals surface area contributed by atoms with Gasteiger partial charge >= 0.3 is 0 Å². The molecule has 86 valence electrons. The van der Waals surface area contributed by atoms with E-state index in [2.05, 4.69) is 15.5 Å². The SMILES string of the molecule is CC(=NNC(=O)c1ccncc1)C1C=CC=C1. The van der Waals surface area contributed by atoms with Crippen molar-refractivity contribution in [2.45, 2.75) is 6.92 Å². The van der Waals surface area contributed by atoms with Gasteiger partial charge in [-0.05, 0) is 19.1 Å². The van der Waals surface area contributed by atoms with Crippen LogP contribution in [-0.4, -0.2) is 16.6 Å². The molecule has 17 heavy (non-hydrogen) atoms. The third-order valence-corrected chi connectivity index (χ3v) is 2.51. The number of rotatable bonds is 3. The van der Waals surface area contributed by atoms with Crippen molar-refractivity contribution in [3.05, 3.63) is 54.4 Å². The van der Waals surface area contributed by atoms with Gasteiger partial charge in [0.25, 0.3) is 5.91 Å². The Labute approximate surface area is 99.8 Å². The molecular formula is C13H13N3O. The molecule has 1 aliphatic carbocycles. The van der Waals surface area contributed by atoms with Crippen LogP contribution < -0.4 is 5.43 Å². The third-order valence-electron chi connectivity index (χ3n) is 2.51. The van der Waals surface area contributed by atoms with Gasteiger partial charge in [-0.1, -0.05) is 24.3 Å². The first-order valence-electron chi connectivity index (χ1n) is 5.37. The molecule has 0 bridgehead atoms. The number of pyridine rings is 1. The van der Waals surface area contributed by atoms with E-state index >= 15 is 0 Å². The molecule has 1 aromatic heterocycles. The number of hydrogen-bond donors (Lipinski definition) is 1. The zero-order valence-electron chi connectivity index (χ0n) is 9.50. The molecule has 0 unspecified atom stereocenters. The minimum absolute atomic E-state index is 0.188. The molecule has 0 aliphatic heterocycles. The van der Waals surface area contributed by atoms with Gasteiger partial charge in [-0.15, -0.1) is 0 Å². The topological polar surface area (TPSA) is 54.4 Å². The van der Waals surface area contributed by atoms with Crippen molar-refractivity contribution in [3.8, 4) is 0 Å². The zero-order valence-corrected chi connectivity index (χ0v) is 9.50. The molecule has 2 rings (SSSR count). The van der Waals surface area contributed by atoms with Crippen LogP contribution in [0.3, 0.4) is 0 Å². The Kier molecular flexibility index (Phi) is 3.45. The molecule has 1 aliphatic rings. The first-order chi connectivity index (χ1) is 8.27. The highest BCUT2D eigenvalue weighted by molar-refractivity contribution is 5.95. The Bertz CT molecular complexity index is 477. The molecule has 0 atom stereocenters. The van der Waals surface area contributed by atoms with Crippen LogP contribution in [0.2, 0.25) is 0 Å². The maximum atomic E-state index is 11.7. The number of aromatic nitrogens is 1. The number of hydrazone groups is 1. The number of carbonyl (C=O) groups is 1. The number of nitrogens with zero attached hydrogens (tertiary/aromatic N) is 2. The van der Waals surface area contributed by atoms with Crippen molar-refractivity contribution >= 4 is 11.6 Å². The Morgan fingerprint density at radius 3 is 2.59 bits per heavy atom. The average Bonchev–Trinajstić information content (AvgIpc) is 2.90. The van der Waals surface area contributed by atoms with Gasteiger partial charge in [0.1, 0.15) is 0 Å². The summed E-state index contributed by atoms with van der Waals surface area (Å²) in [5.74, 6) is -0.0366. The van der Waals surface area contributed by atoms with Gasteiger partial charge < -0.3 is 0 Å². The second-order valence-corrected chi connectivity index (χ2v) is 3.73. The summed E-state index contributed by atoms with van der Waals surface area (Å²) < 4.78 is 0. The number of allylic oxidation sites excluding steroid dienone is 4. The molecule has 4 nitrogen and oxygen atoms in total. The van der Waals surface area contributed by atoms with Crippen LogP contribution in [0, 0.1) is 5.92 Å². The fourth-order valence-electron chi connectivity index (χ4n) is 1.49. The van der Waals surface area contributed by atoms with Crippen LogP contribution in [0.25, 0.3) is 0 Å². The van der Waals surface area contributed by atoms with E-state index in [-0.39, 0.29) is 11.8 Å². The highest BCUT2D eigenvalue weighted by Crippen LogP contribution is 2.10. The Hall–Kier alpha value is -2.23. The van der Waals surface area contributed by atoms with Crippen LogP contribution >= 0.6 is 0 Å². The second kappa shape index (κ2) is 5.21. The summed E-state index contributed by atoms with van der Waals surface area (Å²) in [6.45, 7) is 1.89. The van der Waals surface area contributed by atoms with E-state index < -0.39 is 0 Å². The predicted molar refractivity (Wildman–Crippen MR) is 66.6 cm³/mol. The van der Waals surface area contributed by atoms with E-state index in [0.717, 1.165) is 5.71 Å². The van der Waals surface area contributed by atoms with Crippen LogP contribution in [0.4, 0.5) is 0 Å². The Balaban J connectivity index is 1.98. The molecule has 0 fully saturated rings. The van der Waals surface area contributed by atoms with E-state index in [1.807, 2.05) is 31.2 Å². The summed E-state index contributed by atoms with van der Waals surface area (Å²) in [5.41, 5.74) is 3.94. The molecule has 4 heteroatoms. The molecule has 0 saturated heterocycles. The highest BCUT2D eigenvalue weighted by atomic mass is 16.2. The maximum absolute atomic E-state index is 11.7. The summed E-state index contributed by atoms with van der Waals surface area (Å²) in [6.07, 6.45) is 11.1. The van der Waals surface area contributed by atoms with Gasteiger partial charge in [0.15, 0.2) is 0 Å². The van der Waals surface area contributed by atoms with Crippen LogP contribution in [0.5, 0.6) is 0 Å². The number of amides is 1. The molecule has 0 radical (unpaired) electrons. The minimum Gasteiger partial charge on any atom is -0.267 e. The largest absolute Gasteiger partial charge is 0.271 e. The number of hydrogen-bond acceptors (Lipinski definition) is 3. The lowest BCUT2D eigenvalue weighted by molar-refractivity contribution is 0.0954. The summed E-state index contributed by atoms with van der Waals surface area (Å²) in [5, 5.41) is 4.08. The number of carbonyl (C=O) groups excluding carboxylic acids is 1. The molecule has 1 amide bonds. The van der Waals surface area contributed by atoms with Crippen molar-refractivity contribution in [2.75, 3.05) is 0 Å². The first-order valence-corrected chi connectivity index (χ1v) is 5.37. The molecule has 1 N–H and O–H groups in total. The van der Waals surface area contributed by atoms with Gasteiger partial charge in [0.05, 0.1) is 0 Å². The standard InChI is InChI=1S/C13H13N3O/c1-10(11-4-2-3-5-11)15-16-13(17)12-6-8-14-9-7-12/h2-9,11H,1H3,(H,16,17). The Morgan fingerprint density at radius 1 is 1.29 bits per heavy atom. The van der Waals surface area contributed by atoms with E-state index in [4.69, 9.17) is 0 Å². The lowest BCUT2D eigenvalue weighted by atomic mass is 10.1. The highest BCUT2D eigenvalue weighted by Gasteiger charge is 2.08. The van der Waals surface area contributed by atoms with Crippen molar-refractivity contribution < 1.29 is 4.79 Å². The van der Waals surface area contributed by atoms with Crippen molar-refractivity contribution in [1.82, 2.24) is 10.4 Å². The predicted octanol–water partition coefficient (Wildman–Crippen LogP) is 1.93. The van der Waals surface area contributed by atoms with Gasteiger partial charge in [-0.25, -0.2) is 5.43 Å². The molecule has 0 spiro atoms. The summed E-state index contributed by atoms with van der Waals surface area (Å²) in [6, 6.07) is 3.30. The van der Waals surface area contributed by atoms with E-state index in [0.29, 0.717) is 5.56 Å². The van der Waals surface area contributed by atoms with Crippen LogP contribution in [-0.2, 0) is 0 Å². The first kappa shape index (κ1) is 11.3. The smallest absolute Gasteiger partial charge is 0.267 e. The quantitative estimate of drug-likeness (QED) is 0.633. The molecular weight excluding hydrogens is 214 g/mol. The van der Waals surface area contributed by atoms with Gasteiger partial charge in [0, 0.05) is 29.6 Å². The molecule has 0 aromatic carbocycles. The number of nitrogens with one attached hydrogen (secondary N) is 1. The third kappa shape index (κ3) is 2.87. The fraction of sp³-hybridized carbons (Fsp3) is 0.154. The molecule has 1 heterocycles. The van der Waals surface area contributed by atoms with E-state index in [1.54, 1.807) is 24.5 Å². The minimum atomic E-state index is -0.224. The summed E-state index contributed by atoms with van der Waals surface area (Å²) in [7, 11) is 0. The van der Waals surface area contributed by atoms with Crippen molar-refractivity contribution in [3.63, 3.8) is 0 Å². The summed E-state index contributed by atoms with van der Waals surface area (Å²) in [4.78, 5) is 15.5. The fourth-order valence-corrected chi connectivity index (χ4v) is 1.49. The monoisotopic (exact) mass is 227 g/mol. The summed E-state index contributed by atoms with van der Waals surface area (Å²) >= 11 is 0. The van der Waals surface area contributed by atoms with Crippen LogP contribution in [0.1, 0.15) is 17.3 Å². The van der Waals surface area contributed by atoms with Gasteiger partial charge in [0.2, 0.25) is 0 Å². The molecule has 0 saturated carbocycles. The van der Waals surface area contributed by atoms with Crippen molar-refractivity contribution in [2.24, 2.45) is 11.0 Å². The van der Waals surface area contributed by atoms with Gasteiger partial charge in [-0.3, -0.25) is 9.78 Å². The van der Waals surface area contributed by atoms with Crippen LogP contribution in [0.15, 0.2) is 53.9 Å². The lowest BCUT2D eigenvalue weighted by Crippen LogP contribution is -2.20. The van der Waals surface area contributed by atoms with E-state index in [1.165, 1.54) is 0 Å². The lowest BCUT2D eigenvalue weighted by Gasteiger charge is -2.05. The van der Waals surface area contributed by atoms with Gasteiger partial charge in [-0.2, -0.15) is 5.10 Å². The normalized spacial score (nSPS) is 15.2. The Morgan fingerprint density at radius 2 is 1.94 bits per heavy atom. The van der Waals surface area contributed by atoms with E-state index in [9.17, 15) is 4.79 Å². The second-order valence-electron chi connectivity index (χ2n) is 3.73. The molecule has 1 aromatic rings.